The summed E-state index contributed by atoms with van der Waals surface area (Å²) in [6.45, 7) is 2.60. The molecule has 0 amide bonds. The molecular weight excluding hydrogens is 278 g/mol. The molecule has 2 atom stereocenters. The second kappa shape index (κ2) is 5.50. The summed E-state index contributed by atoms with van der Waals surface area (Å²) in [5.74, 6) is 0.250. The van der Waals surface area contributed by atoms with Gasteiger partial charge in [-0.15, -0.1) is 0 Å². The van der Waals surface area contributed by atoms with Crippen molar-refractivity contribution in [2.75, 3.05) is 13.6 Å². The van der Waals surface area contributed by atoms with Gasteiger partial charge in [0.1, 0.15) is 11.0 Å². The molecule has 0 aliphatic heterocycles. The van der Waals surface area contributed by atoms with Crippen LogP contribution in [0.4, 0.5) is 0 Å². The highest BCUT2D eigenvalue weighted by Gasteiger charge is 2.53. The second-order valence-electron chi connectivity index (χ2n) is 5.99. The molecular formula is C14H23NO4S. The monoisotopic (exact) mass is 301 g/mol. The topological polar surface area (TPSA) is 86.6 Å². The predicted molar refractivity (Wildman–Crippen MR) is 78.1 cm³/mol. The van der Waals surface area contributed by atoms with Gasteiger partial charge in [-0.3, -0.25) is 4.55 Å². The average Bonchev–Trinajstić information content (AvgIpc) is 3.16. The van der Waals surface area contributed by atoms with Gasteiger partial charge in [0.2, 0.25) is 0 Å². The summed E-state index contributed by atoms with van der Waals surface area (Å²) < 4.78 is 33.4. The Hall–Kier alpha value is -0.850. The highest BCUT2D eigenvalue weighted by atomic mass is 32.2. The molecule has 0 saturated heterocycles. The van der Waals surface area contributed by atoms with E-state index in [1.54, 1.807) is 12.2 Å². The minimum absolute atomic E-state index is 0.0122. The van der Waals surface area contributed by atoms with Crippen LogP contribution in [0.5, 0.6) is 0 Å². The Morgan fingerprint density at radius 3 is 2.60 bits per heavy atom. The number of hydrogen-bond donors (Lipinski definition) is 3. The summed E-state index contributed by atoms with van der Waals surface area (Å²) in [5.41, 5.74) is -0.172. The van der Waals surface area contributed by atoms with Gasteiger partial charge in [-0.1, -0.05) is 13.0 Å². The van der Waals surface area contributed by atoms with Gasteiger partial charge in [-0.25, -0.2) is 0 Å². The zero-order valence-electron chi connectivity index (χ0n) is 12.0. The zero-order valence-corrected chi connectivity index (χ0v) is 12.8. The van der Waals surface area contributed by atoms with Crippen LogP contribution in [-0.2, 0) is 10.1 Å². The van der Waals surface area contributed by atoms with Crippen molar-refractivity contribution in [2.45, 2.75) is 37.9 Å². The van der Waals surface area contributed by atoms with Gasteiger partial charge >= 0.3 is 0 Å². The van der Waals surface area contributed by atoms with E-state index in [9.17, 15) is 18.1 Å². The summed E-state index contributed by atoms with van der Waals surface area (Å²) in [4.78, 5) is 0. The first-order valence-corrected chi connectivity index (χ1v) is 8.53. The summed E-state index contributed by atoms with van der Waals surface area (Å²) in [6, 6.07) is 0. The summed E-state index contributed by atoms with van der Waals surface area (Å²) in [6.07, 6.45) is 6.46. The summed E-state index contributed by atoms with van der Waals surface area (Å²) in [7, 11) is -2.42. The van der Waals surface area contributed by atoms with E-state index in [0.717, 1.165) is 25.8 Å². The van der Waals surface area contributed by atoms with E-state index in [2.05, 4.69) is 5.32 Å². The Kier molecular flexibility index (Phi) is 4.27. The number of aliphatic hydroxyl groups excluding tert-OH is 1. The zero-order chi connectivity index (χ0) is 15.0. The van der Waals surface area contributed by atoms with Crippen molar-refractivity contribution in [2.24, 2.45) is 11.3 Å². The van der Waals surface area contributed by atoms with Crippen LogP contribution in [0, 0.1) is 11.3 Å². The lowest BCUT2D eigenvalue weighted by atomic mass is 9.74. The van der Waals surface area contributed by atoms with E-state index in [4.69, 9.17) is 0 Å². The maximum Gasteiger partial charge on any atom is 0.272 e. The molecule has 2 unspecified atom stereocenters. The Bertz CT molecular complexity index is 533. The SMILES string of the molecule is CNCCCC1=C(O)C=CC(C)(C2CC2)C1S(=O)(=O)O. The Morgan fingerprint density at radius 1 is 1.45 bits per heavy atom. The molecule has 0 aromatic heterocycles. The van der Waals surface area contributed by atoms with Crippen LogP contribution in [0.25, 0.3) is 0 Å². The fourth-order valence-corrected chi connectivity index (χ4v) is 4.74. The van der Waals surface area contributed by atoms with Gasteiger partial charge in [0.15, 0.2) is 0 Å². The number of nitrogens with one attached hydrogen (secondary N) is 1. The second-order valence-corrected chi connectivity index (χ2v) is 7.49. The molecule has 5 nitrogen and oxygen atoms in total. The quantitative estimate of drug-likeness (QED) is 0.516. The number of allylic oxidation sites excluding steroid dienone is 2. The minimum Gasteiger partial charge on any atom is -0.508 e. The Labute approximate surface area is 120 Å². The first kappa shape index (κ1) is 15.5. The molecule has 0 radical (unpaired) electrons. The van der Waals surface area contributed by atoms with Crippen molar-refractivity contribution in [1.29, 1.82) is 0 Å². The fourth-order valence-electron chi connectivity index (χ4n) is 3.23. The van der Waals surface area contributed by atoms with Gasteiger partial charge in [0, 0.05) is 5.41 Å². The smallest absolute Gasteiger partial charge is 0.272 e. The third-order valence-electron chi connectivity index (χ3n) is 4.44. The molecule has 0 bridgehead atoms. The van der Waals surface area contributed by atoms with Gasteiger partial charge in [0.25, 0.3) is 10.1 Å². The van der Waals surface area contributed by atoms with E-state index in [0.29, 0.717) is 12.0 Å². The van der Waals surface area contributed by atoms with Crippen LogP contribution in [0.1, 0.15) is 32.6 Å². The molecule has 2 aliphatic carbocycles. The highest BCUT2D eigenvalue weighted by molar-refractivity contribution is 7.86. The van der Waals surface area contributed by atoms with Crippen molar-refractivity contribution >= 4 is 10.1 Å². The molecule has 0 spiro atoms. The molecule has 114 valence electrons. The van der Waals surface area contributed by atoms with Gasteiger partial charge in [-0.2, -0.15) is 8.42 Å². The molecule has 6 heteroatoms. The van der Waals surface area contributed by atoms with E-state index < -0.39 is 20.8 Å². The lowest BCUT2D eigenvalue weighted by molar-refractivity contribution is 0.311. The van der Waals surface area contributed by atoms with Crippen molar-refractivity contribution in [3.8, 4) is 0 Å². The molecule has 0 heterocycles. The van der Waals surface area contributed by atoms with Crippen LogP contribution in [0.15, 0.2) is 23.5 Å². The van der Waals surface area contributed by atoms with E-state index in [-0.39, 0.29) is 11.7 Å². The van der Waals surface area contributed by atoms with Crippen molar-refractivity contribution < 1.29 is 18.1 Å². The number of hydrogen-bond acceptors (Lipinski definition) is 4. The van der Waals surface area contributed by atoms with Gasteiger partial charge in [0.05, 0.1) is 0 Å². The van der Waals surface area contributed by atoms with E-state index in [1.807, 2.05) is 14.0 Å². The molecule has 0 aromatic rings. The van der Waals surface area contributed by atoms with Crippen LogP contribution >= 0.6 is 0 Å². The number of aliphatic hydroxyl groups is 1. The molecule has 1 fully saturated rings. The van der Waals surface area contributed by atoms with Crippen LogP contribution in [-0.4, -0.2) is 36.9 Å². The molecule has 2 aliphatic rings. The average molecular weight is 301 g/mol. The largest absolute Gasteiger partial charge is 0.508 e. The molecule has 3 N–H and O–H groups in total. The molecule has 20 heavy (non-hydrogen) atoms. The van der Waals surface area contributed by atoms with E-state index in [1.165, 1.54) is 0 Å². The Balaban J connectivity index is 2.36. The van der Waals surface area contributed by atoms with Crippen LogP contribution in [0.2, 0.25) is 0 Å². The summed E-state index contributed by atoms with van der Waals surface area (Å²) in [5, 5.41) is 12.0. The molecule has 0 aromatic carbocycles. The standard InChI is InChI=1S/C14H23NO4S/c1-14(10-5-6-10)8-7-12(16)11(4-3-9-15-2)13(14)20(17,18)19/h7-8,10,13,15-16H,3-6,9H2,1-2H3,(H,17,18,19). The minimum atomic E-state index is -4.25. The fraction of sp³-hybridized carbons (Fsp3) is 0.714. The highest BCUT2D eigenvalue weighted by Crippen LogP contribution is 2.54. The Morgan fingerprint density at radius 2 is 2.10 bits per heavy atom. The normalized spacial score (nSPS) is 30.9. The molecule has 1 saturated carbocycles. The lowest BCUT2D eigenvalue weighted by Gasteiger charge is -2.37. The predicted octanol–water partition coefficient (Wildman–Crippen LogP) is 2.04. The van der Waals surface area contributed by atoms with Crippen LogP contribution in [0.3, 0.4) is 0 Å². The van der Waals surface area contributed by atoms with Gasteiger partial charge < -0.3 is 10.4 Å². The van der Waals surface area contributed by atoms with Crippen molar-refractivity contribution in [3.63, 3.8) is 0 Å². The van der Waals surface area contributed by atoms with Crippen molar-refractivity contribution in [1.82, 2.24) is 5.32 Å². The summed E-state index contributed by atoms with van der Waals surface area (Å²) >= 11 is 0. The first-order chi connectivity index (χ1) is 9.30. The van der Waals surface area contributed by atoms with Crippen LogP contribution < -0.4 is 5.32 Å². The molecule has 2 rings (SSSR count). The third kappa shape index (κ3) is 2.92. The first-order valence-electron chi connectivity index (χ1n) is 7.03. The maximum absolute atomic E-state index is 11.9. The lowest BCUT2D eigenvalue weighted by Crippen LogP contribution is -2.42. The van der Waals surface area contributed by atoms with E-state index >= 15 is 0 Å². The third-order valence-corrected chi connectivity index (χ3v) is 5.83. The number of rotatable bonds is 6. The van der Waals surface area contributed by atoms with Crippen molar-refractivity contribution in [3.05, 3.63) is 23.5 Å². The van der Waals surface area contributed by atoms with Gasteiger partial charge in [-0.05, 0) is 56.8 Å². The maximum atomic E-state index is 11.9.